The number of nitrogens with two attached hydrogens (primary N) is 1. The summed E-state index contributed by atoms with van der Waals surface area (Å²) >= 11 is 0. The summed E-state index contributed by atoms with van der Waals surface area (Å²) in [5.41, 5.74) is 6.74. The molecule has 1 aliphatic rings. The summed E-state index contributed by atoms with van der Waals surface area (Å²) in [5, 5.41) is 5.74. The second kappa shape index (κ2) is 6.43. The molecule has 0 radical (unpaired) electrons. The van der Waals surface area contributed by atoms with Crippen LogP contribution in [-0.2, 0) is 0 Å². The summed E-state index contributed by atoms with van der Waals surface area (Å²) in [6, 6.07) is 7.16. The zero-order valence-electron chi connectivity index (χ0n) is 11.2. The van der Waals surface area contributed by atoms with E-state index in [9.17, 15) is 4.79 Å². The van der Waals surface area contributed by atoms with Crippen LogP contribution < -0.4 is 21.1 Å². The molecule has 1 aromatic carbocycles. The first kappa shape index (κ1) is 13.7. The van der Waals surface area contributed by atoms with Gasteiger partial charge >= 0.3 is 6.03 Å². The summed E-state index contributed by atoms with van der Waals surface area (Å²) < 4.78 is 5.06. The molecule has 4 N–H and O–H groups in total. The number of amides is 2. The van der Waals surface area contributed by atoms with E-state index in [1.807, 2.05) is 12.1 Å². The second-order valence-electron chi connectivity index (χ2n) is 4.88. The predicted octanol–water partition coefficient (Wildman–Crippen LogP) is 2.09. The lowest BCUT2D eigenvalue weighted by molar-refractivity contribution is 0.240. The molecule has 2 rings (SSSR count). The van der Waals surface area contributed by atoms with Crippen LogP contribution in [0.15, 0.2) is 24.3 Å². The fraction of sp³-hybridized carbons (Fsp3) is 0.500. The van der Waals surface area contributed by atoms with Crippen molar-refractivity contribution in [2.75, 3.05) is 12.4 Å². The molecule has 0 bridgehead atoms. The molecule has 1 aliphatic carbocycles. The predicted molar refractivity (Wildman–Crippen MR) is 75.4 cm³/mol. The first-order valence-electron chi connectivity index (χ1n) is 6.66. The van der Waals surface area contributed by atoms with Gasteiger partial charge in [0.2, 0.25) is 0 Å². The molecule has 0 heterocycles. The maximum absolute atomic E-state index is 11.9. The Labute approximate surface area is 113 Å². The third-order valence-corrected chi connectivity index (χ3v) is 3.48. The Morgan fingerprint density at radius 1 is 1.26 bits per heavy atom. The number of ether oxygens (including phenoxy) is 1. The minimum Gasteiger partial charge on any atom is -0.497 e. The number of rotatable bonds is 3. The van der Waals surface area contributed by atoms with E-state index in [-0.39, 0.29) is 18.1 Å². The van der Waals surface area contributed by atoms with Gasteiger partial charge in [-0.15, -0.1) is 0 Å². The zero-order chi connectivity index (χ0) is 13.7. The molecule has 0 aromatic heterocycles. The van der Waals surface area contributed by atoms with Crippen LogP contribution in [0.4, 0.5) is 10.5 Å². The van der Waals surface area contributed by atoms with Crippen molar-refractivity contribution in [3.8, 4) is 5.75 Å². The minimum absolute atomic E-state index is 0.0652. The molecule has 5 heteroatoms. The highest BCUT2D eigenvalue weighted by molar-refractivity contribution is 5.89. The highest BCUT2D eigenvalue weighted by Gasteiger charge is 2.23. The Morgan fingerprint density at radius 2 is 1.95 bits per heavy atom. The van der Waals surface area contributed by atoms with Gasteiger partial charge in [-0.05, 0) is 37.1 Å². The van der Waals surface area contributed by atoms with Crippen molar-refractivity contribution in [1.82, 2.24) is 5.32 Å². The summed E-state index contributed by atoms with van der Waals surface area (Å²) in [7, 11) is 1.61. The monoisotopic (exact) mass is 263 g/mol. The van der Waals surface area contributed by atoms with E-state index in [0.717, 1.165) is 37.1 Å². The highest BCUT2D eigenvalue weighted by Crippen LogP contribution is 2.18. The van der Waals surface area contributed by atoms with E-state index in [1.54, 1.807) is 19.2 Å². The zero-order valence-corrected chi connectivity index (χ0v) is 11.2. The van der Waals surface area contributed by atoms with Crippen molar-refractivity contribution >= 4 is 11.7 Å². The number of nitrogens with one attached hydrogen (secondary N) is 2. The molecular formula is C14H21N3O2. The number of carbonyl (C=O) groups is 1. The minimum atomic E-state index is -0.201. The molecule has 2 atom stereocenters. The summed E-state index contributed by atoms with van der Waals surface area (Å²) in [4.78, 5) is 11.9. The maximum atomic E-state index is 11.9. The standard InChI is InChI=1S/C14H21N3O2/c1-19-11-8-6-10(7-9-11)16-14(18)17-13-5-3-2-4-12(13)15/h6-9,12-13H,2-5,15H2,1H3,(H2,16,17,18)/t12-,13-/m1/s1. The van der Waals surface area contributed by atoms with Gasteiger partial charge in [-0.25, -0.2) is 4.79 Å². The van der Waals surface area contributed by atoms with Gasteiger partial charge in [0.25, 0.3) is 0 Å². The van der Waals surface area contributed by atoms with Gasteiger partial charge in [-0.3, -0.25) is 0 Å². The van der Waals surface area contributed by atoms with Crippen LogP contribution in [0.3, 0.4) is 0 Å². The van der Waals surface area contributed by atoms with Gasteiger partial charge in [0.05, 0.1) is 7.11 Å². The molecule has 19 heavy (non-hydrogen) atoms. The summed E-state index contributed by atoms with van der Waals surface area (Å²) in [5.74, 6) is 0.764. The molecule has 0 spiro atoms. The van der Waals surface area contributed by atoms with E-state index in [2.05, 4.69) is 10.6 Å². The fourth-order valence-electron chi connectivity index (χ4n) is 2.35. The third-order valence-electron chi connectivity index (χ3n) is 3.48. The van der Waals surface area contributed by atoms with Gasteiger partial charge in [0.15, 0.2) is 0 Å². The molecule has 0 unspecified atom stereocenters. The molecule has 1 saturated carbocycles. The third kappa shape index (κ3) is 3.86. The normalized spacial score (nSPS) is 22.6. The number of methoxy groups -OCH3 is 1. The topological polar surface area (TPSA) is 76.4 Å². The number of hydrogen-bond acceptors (Lipinski definition) is 3. The van der Waals surface area contributed by atoms with Crippen LogP contribution in [0.5, 0.6) is 5.75 Å². The van der Waals surface area contributed by atoms with Gasteiger partial charge in [0, 0.05) is 17.8 Å². The van der Waals surface area contributed by atoms with Gasteiger partial charge in [-0.2, -0.15) is 0 Å². The van der Waals surface area contributed by atoms with Crippen molar-refractivity contribution in [1.29, 1.82) is 0 Å². The van der Waals surface area contributed by atoms with Crippen molar-refractivity contribution in [3.05, 3.63) is 24.3 Å². The molecule has 0 aliphatic heterocycles. The second-order valence-corrected chi connectivity index (χ2v) is 4.88. The lowest BCUT2D eigenvalue weighted by atomic mass is 9.91. The lowest BCUT2D eigenvalue weighted by Gasteiger charge is -2.29. The van der Waals surface area contributed by atoms with Gasteiger partial charge in [-0.1, -0.05) is 12.8 Å². The average Bonchev–Trinajstić information content (AvgIpc) is 2.42. The van der Waals surface area contributed by atoms with Crippen LogP contribution >= 0.6 is 0 Å². The van der Waals surface area contributed by atoms with E-state index in [1.165, 1.54) is 0 Å². The number of urea groups is 1. The van der Waals surface area contributed by atoms with Crippen LogP contribution in [0.2, 0.25) is 0 Å². The van der Waals surface area contributed by atoms with E-state index < -0.39 is 0 Å². The Kier molecular flexibility index (Phi) is 4.63. The first-order valence-corrected chi connectivity index (χ1v) is 6.66. The Bertz CT molecular complexity index is 419. The Morgan fingerprint density at radius 3 is 2.58 bits per heavy atom. The first-order chi connectivity index (χ1) is 9.19. The Balaban J connectivity index is 1.86. The SMILES string of the molecule is COc1ccc(NC(=O)N[C@@H]2CCCC[C@H]2N)cc1. The van der Waals surface area contributed by atoms with E-state index in [4.69, 9.17) is 10.5 Å². The van der Waals surface area contributed by atoms with Gasteiger partial charge in [0.1, 0.15) is 5.75 Å². The number of carbonyl (C=O) groups excluding carboxylic acids is 1. The quantitative estimate of drug-likeness (QED) is 0.781. The molecule has 2 amide bonds. The smallest absolute Gasteiger partial charge is 0.319 e. The molecular weight excluding hydrogens is 242 g/mol. The van der Waals surface area contributed by atoms with Crippen LogP contribution in [0.25, 0.3) is 0 Å². The van der Waals surface area contributed by atoms with E-state index >= 15 is 0 Å². The van der Waals surface area contributed by atoms with Gasteiger partial charge < -0.3 is 21.1 Å². The average molecular weight is 263 g/mol. The lowest BCUT2D eigenvalue weighted by Crippen LogP contribution is -2.50. The molecule has 1 aromatic rings. The molecule has 5 nitrogen and oxygen atoms in total. The van der Waals surface area contributed by atoms with Crippen LogP contribution in [0.1, 0.15) is 25.7 Å². The van der Waals surface area contributed by atoms with Crippen molar-refractivity contribution in [2.45, 2.75) is 37.8 Å². The Hall–Kier alpha value is -1.75. The van der Waals surface area contributed by atoms with Crippen molar-refractivity contribution in [3.63, 3.8) is 0 Å². The highest BCUT2D eigenvalue weighted by atomic mass is 16.5. The molecule has 0 saturated heterocycles. The molecule has 104 valence electrons. The summed E-state index contributed by atoms with van der Waals surface area (Å²) in [6.45, 7) is 0. The van der Waals surface area contributed by atoms with Crippen LogP contribution in [0, 0.1) is 0 Å². The van der Waals surface area contributed by atoms with Crippen molar-refractivity contribution < 1.29 is 9.53 Å². The number of anilines is 1. The molecule has 1 fully saturated rings. The van der Waals surface area contributed by atoms with Crippen LogP contribution in [-0.4, -0.2) is 25.2 Å². The number of hydrogen-bond donors (Lipinski definition) is 3. The number of benzene rings is 1. The largest absolute Gasteiger partial charge is 0.497 e. The summed E-state index contributed by atoms with van der Waals surface area (Å²) in [6.07, 6.45) is 4.21. The van der Waals surface area contributed by atoms with Crippen molar-refractivity contribution in [2.24, 2.45) is 5.73 Å². The van der Waals surface area contributed by atoms with E-state index in [0.29, 0.717) is 0 Å². The maximum Gasteiger partial charge on any atom is 0.319 e. The fourth-order valence-corrected chi connectivity index (χ4v) is 2.35.